The fraction of sp³-hybridized carbons (Fsp3) is 0.286. The van der Waals surface area contributed by atoms with Crippen molar-refractivity contribution in [1.29, 1.82) is 0 Å². The molecule has 2 N–H and O–H groups in total. The van der Waals surface area contributed by atoms with Crippen molar-refractivity contribution in [3.8, 4) is 17.0 Å². The van der Waals surface area contributed by atoms with Crippen LogP contribution in [0.2, 0.25) is 0 Å². The van der Waals surface area contributed by atoms with Gasteiger partial charge in [0, 0.05) is 16.8 Å². The predicted octanol–water partition coefficient (Wildman–Crippen LogP) is 2.33. The van der Waals surface area contributed by atoms with Crippen molar-refractivity contribution in [1.82, 2.24) is 10.2 Å². The number of H-pyrrole nitrogens is 1. The third-order valence-corrected chi connectivity index (χ3v) is 3.01. The predicted molar refractivity (Wildman–Crippen MR) is 71.4 cm³/mol. The molecule has 100 valence electrons. The summed E-state index contributed by atoms with van der Waals surface area (Å²) in [6.07, 6.45) is -0.0608. The van der Waals surface area contributed by atoms with Gasteiger partial charge in [0.15, 0.2) is 0 Å². The molecular formula is C14H16N2O3. The molecule has 0 aliphatic heterocycles. The highest BCUT2D eigenvalue weighted by atomic mass is 16.5. The molecule has 0 radical (unpaired) electrons. The van der Waals surface area contributed by atoms with E-state index >= 15 is 0 Å². The lowest BCUT2D eigenvalue weighted by atomic mass is 10.0. The van der Waals surface area contributed by atoms with Crippen LogP contribution < -0.4 is 4.74 Å². The van der Waals surface area contributed by atoms with E-state index in [1.807, 2.05) is 32.0 Å². The van der Waals surface area contributed by atoms with Gasteiger partial charge in [0.2, 0.25) is 0 Å². The van der Waals surface area contributed by atoms with Crippen molar-refractivity contribution in [3.05, 3.63) is 35.0 Å². The average Bonchev–Trinajstić information content (AvgIpc) is 2.70. The number of aliphatic carboxylic acids is 1. The van der Waals surface area contributed by atoms with E-state index in [0.29, 0.717) is 17.0 Å². The maximum Gasteiger partial charge on any atom is 0.307 e. The van der Waals surface area contributed by atoms with Crippen molar-refractivity contribution in [2.45, 2.75) is 20.3 Å². The minimum atomic E-state index is -0.877. The number of nitrogens with one attached hydrogen (secondary N) is 1. The molecule has 0 atom stereocenters. The number of hydrogen-bond acceptors (Lipinski definition) is 3. The van der Waals surface area contributed by atoms with E-state index in [2.05, 4.69) is 10.2 Å². The van der Waals surface area contributed by atoms with Crippen LogP contribution in [0.15, 0.2) is 18.2 Å². The number of carbonyl (C=O) groups is 1. The van der Waals surface area contributed by atoms with Crippen LogP contribution in [0.5, 0.6) is 5.75 Å². The summed E-state index contributed by atoms with van der Waals surface area (Å²) in [7, 11) is 1.59. The average molecular weight is 260 g/mol. The second kappa shape index (κ2) is 5.14. The molecule has 0 unspecified atom stereocenters. The Hall–Kier alpha value is -2.30. The zero-order valence-corrected chi connectivity index (χ0v) is 11.2. The van der Waals surface area contributed by atoms with Crippen LogP contribution in [0.1, 0.15) is 16.8 Å². The van der Waals surface area contributed by atoms with Crippen LogP contribution in [-0.4, -0.2) is 28.4 Å². The van der Waals surface area contributed by atoms with E-state index in [4.69, 9.17) is 9.84 Å². The first-order valence-electron chi connectivity index (χ1n) is 5.93. The second-order valence-electron chi connectivity index (χ2n) is 4.45. The first-order valence-corrected chi connectivity index (χ1v) is 5.93. The van der Waals surface area contributed by atoms with Crippen molar-refractivity contribution in [3.63, 3.8) is 0 Å². The van der Waals surface area contributed by atoms with Crippen molar-refractivity contribution in [2.24, 2.45) is 0 Å². The fourth-order valence-electron chi connectivity index (χ4n) is 2.05. The van der Waals surface area contributed by atoms with E-state index in [1.54, 1.807) is 7.11 Å². The van der Waals surface area contributed by atoms with Gasteiger partial charge in [0.1, 0.15) is 5.75 Å². The van der Waals surface area contributed by atoms with Gasteiger partial charge in [0.25, 0.3) is 0 Å². The molecular weight excluding hydrogens is 244 g/mol. The number of rotatable bonds is 4. The SMILES string of the molecule is COc1ccc(C)cc1-c1n[nH]c(C)c1CC(=O)O. The Kier molecular flexibility index (Phi) is 3.55. The molecule has 2 aromatic rings. The summed E-state index contributed by atoms with van der Waals surface area (Å²) in [5.41, 5.74) is 3.97. The van der Waals surface area contributed by atoms with Crippen LogP contribution in [0.4, 0.5) is 0 Å². The number of nitrogens with zero attached hydrogens (tertiary/aromatic N) is 1. The van der Waals surface area contributed by atoms with Gasteiger partial charge in [0.05, 0.1) is 19.2 Å². The molecule has 0 bridgehead atoms. The highest BCUT2D eigenvalue weighted by Crippen LogP contribution is 2.33. The monoisotopic (exact) mass is 260 g/mol. The quantitative estimate of drug-likeness (QED) is 0.884. The summed E-state index contributed by atoms with van der Waals surface area (Å²) in [5, 5.41) is 16.1. The number of carboxylic acid groups (broad SMARTS) is 1. The number of benzene rings is 1. The van der Waals surface area contributed by atoms with Gasteiger partial charge < -0.3 is 9.84 Å². The molecule has 1 aromatic carbocycles. The molecule has 1 aromatic heterocycles. The summed E-state index contributed by atoms with van der Waals surface area (Å²) in [6.45, 7) is 3.79. The Morgan fingerprint density at radius 3 is 2.79 bits per heavy atom. The lowest BCUT2D eigenvalue weighted by molar-refractivity contribution is -0.136. The number of aromatic nitrogens is 2. The Labute approximate surface area is 111 Å². The van der Waals surface area contributed by atoms with E-state index in [1.165, 1.54) is 0 Å². The molecule has 19 heavy (non-hydrogen) atoms. The molecule has 0 aliphatic carbocycles. The van der Waals surface area contributed by atoms with E-state index in [-0.39, 0.29) is 6.42 Å². The highest BCUT2D eigenvalue weighted by molar-refractivity contribution is 5.78. The number of aryl methyl sites for hydroxylation is 2. The van der Waals surface area contributed by atoms with Crippen molar-refractivity contribution >= 4 is 5.97 Å². The van der Waals surface area contributed by atoms with Gasteiger partial charge in [-0.25, -0.2) is 0 Å². The summed E-state index contributed by atoms with van der Waals surface area (Å²) in [6, 6.07) is 5.75. The minimum absolute atomic E-state index is 0.0608. The van der Waals surface area contributed by atoms with Gasteiger partial charge >= 0.3 is 5.97 Å². The van der Waals surface area contributed by atoms with Crippen LogP contribution >= 0.6 is 0 Å². The van der Waals surface area contributed by atoms with Crippen molar-refractivity contribution in [2.75, 3.05) is 7.11 Å². The number of hydrogen-bond donors (Lipinski definition) is 2. The third kappa shape index (κ3) is 2.59. The Balaban J connectivity index is 2.58. The van der Waals surface area contributed by atoms with Crippen LogP contribution in [0.25, 0.3) is 11.3 Å². The maximum atomic E-state index is 11.0. The van der Waals surface area contributed by atoms with E-state index < -0.39 is 5.97 Å². The summed E-state index contributed by atoms with van der Waals surface area (Å²) in [5.74, 6) is -0.193. The first-order chi connectivity index (χ1) is 9.02. The molecule has 0 saturated carbocycles. The smallest absolute Gasteiger partial charge is 0.307 e. The first kappa shape index (κ1) is 13.1. The fourth-order valence-corrected chi connectivity index (χ4v) is 2.05. The minimum Gasteiger partial charge on any atom is -0.496 e. The molecule has 0 spiro atoms. The molecule has 0 saturated heterocycles. The molecule has 2 rings (SSSR count). The molecule has 0 aliphatic rings. The summed E-state index contributed by atoms with van der Waals surface area (Å²) >= 11 is 0. The maximum absolute atomic E-state index is 11.0. The largest absolute Gasteiger partial charge is 0.496 e. The number of ether oxygens (including phenoxy) is 1. The van der Waals surface area contributed by atoms with E-state index in [9.17, 15) is 4.79 Å². The zero-order valence-electron chi connectivity index (χ0n) is 11.2. The Morgan fingerprint density at radius 2 is 2.16 bits per heavy atom. The van der Waals surface area contributed by atoms with Gasteiger partial charge in [-0.2, -0.15) is 5.10 Å². The zero-order chi connectivity index (χ0) is 14.0. The van der Waals surface area contributed by atoms with Gasteiger partial charge in [-0.3, -0.25) is 9.89 Å². The lowest BCUT2D eigenvalue weighted by Gasteiger charge is -2.09. The van der Waals surface area contributed by atoms with Crippen LogP contribution in [0, 0.1) is 13.8 Å². The number of aromatic amines is 1. The molecule has 0 fully saturated rings. The van der Waals surface area contributed by atoms with E-state index in [0.717, 1.165) is 16.8 Å². The third-order valence-electron chi connectivity index (χ3n) is 3.01. The number of methoxy groups -OCH3 is 1. The molecule has 1 heterocycles. The van der Waals surface area contributed by atoms with Crippen LogP contribution in [-0.2, 0) is 11.2 Å². The van der Waals surface area contributed by atoms with Crippen LogP contribution in [0.3, 0.4) is 0 Å². The lowest BCUT2D eigenvalue weighted by Crippen LogP contribution is -2.02. The number of carboxylic acids is 1. The highest BCUT2D eigenvalue weighted by Gasteiger charge is 2.18. The topological polar surface area (TPSA) is 75.2 Å². The standard InChI is InChI=1S/C14H16N2O3/c1-8-4-5-12(19-3)11(6-8)14-10(7-13(17)18)9(2)15-16-14/h4-6H,7H2,1-3H3,(H,15,16)(H,17,18). The summed E-state index contributed by atoms with van der Waals surface area (Å²) < 4.78 is 5.32. The normalized spacial score (nSPS) is 10.5. The van der Waals surface area contributed by atoms with Crippen molar-refractivity contribution < 1.29 is 14.6 Å². The molecule has 0 amide bonds. The second-order valence-corrected chi connectivity index (χ2v) is 4.45. The molecule has 5 heteroatoms. The van der Waals surface area contributed by atoms with Gasteiger partial charge in [-0.1, -0.05) is 11.6 Å². The Bertz CT molecular complexity index is 617. The van der Waals surface area contributed by atoms with Gasteiger partial charge in [-0.15, -0.1) is 0 Å². The summed E-state index contributed by atoms with van der Waals surface area (Å²) in [4.78, 5) is 11.0. The van der Waals surface area contributed by atoms with Gasteiger partial charge in [-0.05, 0) is 26.0 Å². The Morgan fingerprint density at radius 1 is 1.42 bits per heavy atom. The molecule has 5 nitrogen and oxygen atoms in total.